The van der Waals surface area contributed by atoms with Gasteiger partial charge in [-0.2, -0.15) is 0 Å². The number of morpholine rings is 1. The zero-order valence-electron chi connectivity index (χ0n) is 17.7. The van der Waals surface area contributed by atoms with E-state index in [0.717, 1.165) is 42.4 Å². The monoisotopic (exact) mass is 424 g/mol. The van der Waals surface area contributed by atoms with Gasteiger partial charge < -0.3 is 19.5 Å². The van der Waals surface area contributed by atoms with E-state index >= 15 is 0 Å². The summed E-state index contributed by atoms with van der Waals surface area (Å²) in [4.78, 5) is 18.2. The van der Waals surface area contributed by atoms with E-state index in [0.29, 0.717) is 13.1 Å². The number of benzene rings is 1. The van der Waals surface area contributed by atoms with Crippen molar-refractivity contribution in [1.82, 2.24) is 24.4 Å². The average molecular weight is 425 g/mol. The minimum Gasteiger partial charge on any atom is -0.497 e. The predicted molar refractivity (Wildman–Crippen MR) is 116 cm³/mol. The molecule has 0 spiro atoms. The van der Waals surface area contributed by atoms with Crippen LogP contribution in [0.25, 0.3) is 11.2 Å². The van der Waals surface area contributed by atoms with Crippen molar-refractivity contribution in [3.05, 3.63) is 42.5 Å². The van der Waals surface area contributed by atoms with Gasteiger partial charge in [-0.05, 0) is 30.5 Å². The standard InChI is InChI=1S/C22H28N6O3/c1-30-17-6-4-16(5-7-17)10-26-11-18(13-29)31-19(12-26)28-15-25-20-21(23-14-24-22(20)28)27-8-2-3-9-27/h4-7,14-15,18-19,29H,2-3,8-13H2,1H3/t18-,19+/m0/s1. The molecule has 1 aromatic carbocycles. The lowest BCUT2D eigenvalue weighted by Gasteiger charge is -2.38. The summed E-state index contributed by atoms with van der Waals surface area (Å²) in [5.41, 5.74) is 2.76. The van der Waals surface area contributed by atoms with Crippen molar-refractivity contribution in [3.8, 4) is 5.75 Å². The fourth-order valence-electron chi connectivity index (χ4n) is 4.47. The summed E-state index contributed by atoms with van der Waals surface area (Å²) < 4.78 is 13.4. The van der Waals surface area contributed by atoms with Crippen molar-refractivity contribution in [3.63, 3.8) is 0 Å². The molecular formula is C22H28N6O3. The Morgan fingerprint density at radius 1 is 1.10 bits per heavy atom. The molecule has 1 N–H and O–H groups in total. The number of ether oxygens (including phenoxy) is 2. The van der Waals surface area contributed by atoms with Crippen molar-refractivity contribution in [2.24, 2.45) is 0 Å². The van der Waals surface area contributed by atoms with Gasteiger partial charge in [0.1, 0.15) is 18.3 Å². The van der Waals surface area contributed by atoms with Gasteiger partial charge in [-0.25, -0.2) is 15.0 Å². The molecule has 3 aromatic rings. The Kier molecular flexibility index (Phi) is 5.71. The molecule has 4 heterocycles. The zero-order chi connectivity index (χ0) is 21.2. The number of aromatic nitrogens is 4. The van der Waals surface area contributed by atoms with Crippen LogP contribution >= 0.6 is 0 Å². The van der Waals surface area contributed by atoms with Crippen LogP contribution in [0.5, 0.6) is 5.75 Å². The third-order valence-electron chi connectivity index (χ3n) is 6.05. The molecule has 2 atom stereocenters. The first-order chi connectivity index (χ1) is 15.2. The lowest BCUT2D eigenvalue weighted by Crippen LogP contribution is -2.46. The molecule has 0 saturated carbocycles. The van der Waals surface area contributed by atoms with Gasteiger partial charge in [-0.15, -0.1) is 0 Å². The minimum absolute atomic E-state index is 0.0315. The number of imidazole rings is 1. The maximum atomic E-state index is 9.83. The van der Waals surface area contributed by atoms with Crippen LogP contribution in [-0.4, -0.2) is 75.5 Å². The van der Waals surface area contributed by atoms with Gasteiger partial charge in [0.25, 0.3) is 0 Å². The quantitative estimate of drug-likeness (QED) is 0.641. The first-order valence-electron chi connectivity index (χ1n) is 10.8. The number of hydrogen-bond donors (Lipinski definition) is 1. The van der Waals surface area contributed by atoms with Crippen molar-refractivity contribution >= 4 is 17.0 Å². The molecule has 5 rings (SSSR count). The van der Waals surface area contributed by atoms with Crippen molar-refractivity contribution in [2.75, 3.05) is 44.8 Å². The maximum absolute atomic E-state index is 9.83. The SMILES string of the molecule is COc1ccc(CN2C[C@@H](CO)O[C@@H](n3cnc4c(N5CCCC5)ncnc43)C2)cc1. The number of anilines is 1. The number of aliphatic hydroxyl groups is 1. The molecule has 2 fully saturated rings. The van der Waals surface area contributed by atoms with Crippen LogP contribution < -0.4 is 9.64 Å². The Morgan fingerprint density at radius 3 is 2.65 bits per heavy atom. The highest BCUT2D eigenvalue weighted by Gasteiger charge is 2.30. The Labute approximate surface area is 181 Å². The molecular weight excluding hydrogens is 396 g/mol. The van der Waals surface area contributed by atoms with E-state index in [2.05, 4.69) is 36.9 Å². The second-order valence-electron chi connectivity index (χ2n) is 8.15. The summed E-state index contributed by atoms with van der Waals surface area (Å²) >= 11 is 0. The molecule has 0 aliphatic carbocycles. The molecule has 2 aromatic heterocycles. The van der Waals surface area contributed by atoms with Gasteiger partial charge in [-0.3, -0.25) is 9.47 Å². The average Bonchev–Trinajstić information content (AvgIpc) is 3.49. The molecule has 0 unspecified atom stereocenters. The lowest BCUT2D eigenvalue weighted by molar-refractivity contribution is -0.135. The smallest absolute Gasteiger partial charge is 0.167 e. The number of fused-ring (bicyclic) bond motifs is 1. The van der Waals surface area contributed by atoms with Crippen LogP contribution in [0.3, 0.4) is 0 Å². The lowest BCUT2D eigenvalue weighted by atomic mass is 10.1. The predicted octanol–water partition coefficient (Wildman–Crippen LogP) is 1.83. The van der Waals surface area contributed by atoms with Gasteiger partial charge in [0.2, 0.25) is 0 Å². The van der Waals surface area contributed by atoms with Crippen LogP contribution in [0.2, 0.25) is 0 Å². The summed E-state index contributed by atoms with van der Waals surface area (Å²) in [6, 6.07) is 8.08. The Bertz CT molecular complexity index is 1020. The summed E-state index contributed by atoms with van der Waals surface area (Å²) in [5.74, 6) is 1.74. The highest BCUT2D eigenvalue weighted by molar-refractivity contribution is 5.83. The van der Waals surface area contributed by atoms with E-state index in [1.807, 2.05) is 16.7 Å². The summed E-state index contributed by atoms with van der Waals surface area (Å²) in [6.07, 6.45) is 5.20. The van der Waals surface area contributed by atoms with Crippen LogP contribution in [-0.2, 0) is 11.3 Å². The number of methoxy groups -OCH3 is 1. The molecule has 164 valence electrons. The molecule has 9 nitrogen and oxygen atoms in total. The van der Waals surface area contributed by atoms with E-state index in [1.165, 1.54) is 18.4 Å². The second kappa shape index (κ2) is 8.78. The van der Waals surface area contributed by atoms with Crippen LogP contribution in [0.15, 0.2) is 36.9 Å². The van der Waals surface area contributed by atoms with Crippen LogP contribution in [0, 0.1) is 0 Å². The first-order valence-corrected chi connectivity index (χ1v) is 10.8. The fourth-order valence-corrected chi connectivity index (χ4v) is 4.47. The molecule has 2 saturated heterocycles. The first kappa shape index (κ1) is 20.2. The second-order valence-corrected chi connectivity index (χ2v) is 8.15. The fraction of sp³-hybridized carbons (Fsp3) is 0.500. The van der Waals surface area contributed by atoms with E-state index < -0.39 is 0 Å². The maximum Gasteiger partial charge on any atom is 0.167 e. The normalized spacial score (nSPS) is 22.3. The minimum atomic E-state index is -0.282. The molecule has 2 aliphatic rings. The van der Waals surface area contributed by atoms with Crippen molar-refractivity contribution < 1.29 is 14.6 Å². The molecule has 0 bridgehead atoms. The largest absolute Gasteiger partial charge is 0.497 e. The van der Waals surface area contributed by atoms with E-state index in [-0.39, 0.29) is 18.9 Å². The van der Waals surface area contributed by atoms with Gasteiger partial charge in [0.15, 0.2) is 17.0 Å². The molecule has 31 heavy (non-hydrogen) atoms. The van der Waals surface area contributed by atoms with E-state index in [1.54, 1.807) is 19.8 Å². The zero-order valence-corrected chi connectivity index (χ0v) is 17.7. The Morgan fingerprint density at radius 2 is 1.90 bits per heavy atom. The topological polar surface area (TPSA) is 88.8 Å². The van der Waals surface area contributed by atoms with E-state index in [9.17, 15) is 5.11 Å². The number of aliphatic hydroxyl groups excluding tert-OH is 1. The van der Waals surface area contributed by atoms with Gasteiger partial charge in [0.05, 0.1) is 26.1 Å². The summed E-state index contributed by atoms with van der Waals surface area (Å²) in [7, 11) is 1.67. The Balaban J connectivity index is 1.39. The Hall–Kier alpha value is -2.75. The van der Waals surface area contributed by atoms with Gasteiger partial charge in [-0.1, -0.05) is 12.1 Å². The third-order valence-corrected chi connectivity index (χ3v) is 6.05. The molecule has 2 aliphatic heterocycles. The van der Waals surface area contributed by atoms with Crippen molar-refractivity contribution in [1.29, 1.82) is 0 Å². The highest BCUT2D eigenvalue weighted by Crippen LogP contribution is 2.29. The number of nitrogens with zero attached hydrogens (tertiary/aromatic N) is 6. The molecule has 0 amide bonds. The van der Waals surface area contributed by atoms with E-state index in [4.69, 9.17) is 9.47 Å². The molecule has 0 radical (unpaired) electrons. The summed E-state index contributed by atoms with van der Waals surface area (Å²) in [5, 5.41) is 9.83. The number of hydrogen-bond acceptors (Lipinski definition) is 8. The van der Waals surface area contributed by atoms with Gasteiger partial charge >= 0.3 is 0 Å². The van der Waals surface area contributed by atoms with Crippen LogP contribution in [0.1, 0.15) is 24.6 Å². The van der Waals surface area contributed by atoms with Crippen LogP contribution in [0.4, 0.5) is 5.82 Å². The summed E-state index contributed by atoms with van der Waals surface area (Å²) in [6.45, 7) is 4.08. The molecule has 9 heteroatoms. The number of rotatable bonds is 6. The highest BCUT2D eigenvalue weighted by atomic mass is 16.5. The van der Waals surface area contributed by atoms with Crippen molar-refractivity contribution in [2.45, 2.75) is 31.7 Å². The third kappa shape index (κ3) is 4.08. The van der Waals surface area contributed by atoms with Gasteiger partial charge in [0, 0.05) is 32.7 Å².